The zero-order valence-corrected chi connectivity index (χ0v) is 17.9. The Bertz CT molecular complexity index is 999. The minimum absolute atomic E-state index is 0.249. The summed E-state index contributed by atoms with van der Waals surface area (Å²) in [5, 5.41) is 20.2. The van der Waals surface area contributed by atoms with Gasteiger partial charge in [-0.25, -0.2) is 4.98 Å². The smallest absolute Gasteiger partial charge is 0.305 e. The van der Waals surface area contributed by atoms with Gasteiger partial charge in [-0.2, -0.15) is 5.10 Å². The van der Waals surface area contributed by atoms with Crippen molar-refractivity contribution < 1.29 is 14.7 Å². The summed E-state index contributed by atoms with van der Waals surface area (Å²) in [6.45, 7) is 5.88. The number of carbonyl (C=O) groups is 2. The molecular weight excluding hydrogens is 410 g/mol. The van der Waals surface area contributed by atoms with Gasteiger partial charge >= 0.3 is 5.97 Å². The van der Waals surface area contributed by atoms with E-state index >= 15 is 0 Å². The summed E-state index contributed by atoms with van der Waals surface area (Å²) in [7, 11) is 0. The van der Waals surface area contributed by atoms with Gasteiger partial charge in [-0.05, 0) is 32.4 Å². The zero-order valence-electron chi connectivity index (χ0n) is 16.3. The Morgan fingerprint density at radius 2 is 2.21 bits per heavy atom. The summed E-state index contributed by atoms with van der Waals surface area (Å²) in [6.07, 6.45) is 3.51. The van der Waals surface area contributed by atoms with Crippen LogP contribution >= 0.6 is 23.1 Å². The van der Waals surface area contributed by atoms with E-state index in [4.69, 9.17) is 5.11 Å². The maximum atomic E-state index is 11.8. The maximum absolute atomic E-state index is 11.8. The molecule has 8 nitrogen and oxygen atoms in total. The SMILES string of the molecule is CCCc1cc(-c2nc(C)c(/C(C)=N/N=C3/NC(=O)C(CC(=O)O)S3)s2)ccn1. The summed E-state index contributed by atoms with van der Waals surface area (Å²) in [6, 6.07) is 4.01. The van der Waals surface area contributed by atoms with Crippen molar-refractivity contribution in [3.63, 3.8) is 0 Å². The molecule has 1 saturated heterocycles. The molecule has 1 aliphatic rings. The van der Waals surface area contributed by atoms with E-state index in [1.54, 1.807) is 6.20 Å². The van der Waals surface area contributed by atoms with Crippen molar-refractivity contribution in [2.75, 3.05) is 0 Å². The highest BCUT2D eigenvalue weighted by molar-refractivity contribution is 8.15. The Morgan fingerprint density at radius 3 is 2.93 bits per heavy atom. The molecule has 0 bridgehead atoms. The molecule has 1 fully saturated rings. The highest BCUT2D eigenvalue weighted by Crippen LogP contribution is 2.29. The number of hydrogen-bond donors (Lipinski definition) is 2. The van der Waals surface area contributed by atoms with Crippen LogP contribution in [-0.2, 0) is 16.0 Å². The minimum atomic E-state index is -1.02. The lowest BCUT2D eigenvalue weighted by Crippen LogP contribution is -2.26. The quantitative estimate of drug-likeness (QED) is 0.513. The third kappa shape index (κ3) is 5.27. The van der Waals surface area contributed by atoms with Crippen LogP contribution in [0.5, 0.6) is 0 Å². The van der Waals surface area contributed by atoms with E-state index in [2.05, 4.69) is 38.5 Å². The third-order valence-corrected chi connectivity index (χ3v) is 6.51. The fourth-order valence-corrected chi connectivity index (χ4v) is 4.68. The number of carboxylic acids is 1. The van der Waals surface area contributed by atoms with E-state index in [9.17, 15) is 9.59 Å². The summed E-state index contributed by atoms with van der Waals surface area (Å²) in [5.41, 5.74) is 3.60. The van der Waals surface area contributed by atoms with Crippen LogP contribution < -0.4 is 5.32 Å². The number of hydrogen-bond acceptors (Lipinski definition) is 8. The minimum Gasteiger partial charge on any atom is -0.481 e. The lowest BCUT2D eigenvalue weighted by molar-refractivity contribution is -0.138. The normalized spacial score (nSPS) is 18.3. The van der Waals surface area contributed by atoms with Gasteiger partial charge in [0.15, 0.2) is 5.17 Å². The van der Waals surface area contributed by atoms with Gasteiger partial charge in [0.05, 0.1) is 22.7 Å². The van der Waals surface area contributed by atoms with Crippen molar-refractivity contribution in [2.24, 2.45) is 10.2 Å². The molecule has 0 spiro atoms. The fourth-order valence-electron chi connectivity index (χ4n) is 2.77. The van der Waals surface area contributed by atoms with Gasteiger partial charge in [0.2, 0.25) is 5.91 Å². The average Bonchev–Trinajstić information content (AvgIpc) is 3.23. The number of rotatable bonds is 7. The van der Waals surface area contributed by atoms with Gasteiger partial charge in [-0.15, -0.1) is 16.4 Å². The Balaban J connectivity index is 1.78. The fraction of sp³-hybridized carbons (Fsp3) is 0.368. The van der Waals surface area contributed by atoms with E-state index in [1.165, 1.54) is 11.3 Å². The van der Waals surface area contributed by atoms with E-state index < -0.39 is 11.2 Å². The average molecular weight is 432 g/mol. The van der Waals surface area contributed by atoms with Gasteiger partial charge in [-0.3, -0.25) is 14.6 Å². The van der Waals surface area contributed by atoms with Gasteiger partial charge in [0, 0.05) is 17.5 Å². The molecule has 0 radical (unpaired) electrons. The van der Waals surface area contributed by atoms with Crippen LogP contribution in [0.4, 0.5) is 0 Å². The van der Waals surface area contributed by atoms with Crippen LogP contribution in [0.3, 0.4) is 0 Å². The molecule has 1 atom stereocenters. The summed E-state index contributed by atoms with van der Waals surface area (Å²) < 4.78 is 0. The standard InChI is InChI=1S/C19H21N5O3S2/c1-4-5-13-8-12(6-7-20-13)18-21-10(2)16(29-18)11(3)23-24-19-22-17(27)14(28-19)9-15(25)26/h6-8,14H,4-5,9H2,1-3H3,(H,25,26)(H,22,24,27)/b23-11+. The lowest BCUT2D eigenvalue weighted by atomic mass is 10.2. The number of pyridine rings is 1. The molecule has 0 aromatic carbocycles. The molecule has 0 aliphatic carbocycles. The number of thiazole rings is 1. The van der Waals surface area contributed by atoms with Crippen LogP contribution in [0.15, 0.2) is 28.5 Å². The summed E-state index contributed by atoms with van der Waals surface area (Å²) >= 11 is 2.61. The molecule has 10 heteroatoms. The number of aryl methyl sites for hydroxylation is 2. The second-order valence-corrected chi connectivity index (χ2v) is 8.69. The molecule has 3 rings (SSSR count). The first-order chi connectivity index (χ1) is 13.9. The van der Waals surface area contributed by atoms with E-state index in [1.807, 2.05) is 19.9 Å². The van der Waals surface area contributed by atoms with Crippen molar-refractivity contribution in [3.8, 4) is 10.6 Å². The first kappa shape index (κ1) is 21.1. The number of nitrogens with zero attached hydrogens (tertiary/aromatic N) is 4. The monoisotopic (exact) mass is 431 g/mol. The number of carboxylic acid groups (broad SMARTS) is 1. The zero-order chi connectivity index (χ0) is 21.0. The van der Waals surface area contributed by atoms with Gasteiger partial charge < -0.3 is 10.4 Å². The van der Waals surface area contributed by atoms with Crippen LogP contribution in [0.1, 0.15) is 43.0 Å². The molecule has 0 saturated carbocycles. The lowest BCUT2D eigenvalue weighted by Gasteiger charge is -2.00. The number of aromatic nitrogens is 2. The van der Waals surface area contributed by atoms with Crippen molar-refractivity contribution >= 4 is 45.9 Å². The topological polar surface area (TPSA) is 117 Å². The number of nitrogens with one attached hydrogen (secondary N) is 1. The van der Waals surface area contributed by atoms with Crippen molar-refractivity contribution in [1.29, 1.82) is 0 Å². The molecule has 2 aromatic heterocycles. The molecule has 2 aromatic rings. The number of amides is 1. The van der Waals surface area contributed by atoms with Crippen molar-refractivity contribution in [1.82, 2.24) is 15.3 Å². The van der Waals surface area contributed by atoms with Crippen LogP contribution in [0, 0.1) is 6.92 Å². The molecule has 1 amide bonds. The molecule has 152 valence electrons. The number of carbonyl (C=O) groups excluding carboxylic acids is 1. The largest absolute Gasteiger partial charge is 0.481 e. The van der Waals surface area contributed by atoms with Crippen LogP contribution in [0.2, 0.25) is 0 Å². The summed E-state index contributed by atoms with van der Waals surface area (Å²) in [4.78, 5) is 32.5. The maximum Gasteiger partial charge on any atom is 0.305 e. The van der Waals surface area contributed by atoms with Crippen molar-refractivity contribution in [3.05, 3.63) is 34.6 Å². The van der Waals surface area contributed by atoms with Crippen LogP contribution in [-0.4, -0.2) is 43.1 Å². The second kappa shape index (κ2) is 9.27. The molecular formula is C19H21N5O3S2. The third-order valence-electron chi connectivity index (χ3n) is 4.12. The predicted octanol–water partition coefficient (Wildman–Crippen LogP) is 3.25. The molecule has 1 unspecified atom stereocenters. The Hall–Kier alpha value is -2.59. The number of aliphatic carboxylic acids is 1. The molecule has 2 N–H and O–H groups in total. The number of thioether (sulfide) groups is 1. The first-order valence-corrected chi connectivity index (χ1v) is 10.8. The van der Waals surface area contributed by atoms with Crippen LogP contribution in [0.25, 0.3) is 10.6 Å². The van der Waals surface area contributed by atoms with Crippen molar-refractivity contribution in [2.45, 2.75) is 45.3 Å². The Morgan fingerprint density at radius 1 is 1.41 bits per heavy atom. The van der Waals surface area contributed by atoms with E-state index in [-0.39, 0.29) is 12.3 Å². The molecule has 29 heavy (non-hydrogen) atoms. The first-order valence-electron chi connectivity index (χ1n) is 9.12. The Labute approximate surface area is 176 Å². The molecule has 3 heterocycles. The summed E-state index contributed by atoms with van der Waals surface area (Å²) in [5.74, 6) is -1.38. The van der Waals surface area contributed by atoms with E-state index in [0.29, 0.717) is 10.9 Å². The highest BCUT2D eigenvalue weighted by Gasteiger charge is 2.32. The highest BCUT2D eigenvalue weighted by atomic mass is 32.2. The predicted molar refractivity (Wildman–Crippen MR) is 115 cm³/mol. The Kier molecular flexibility index (Phi) is 6.75. The van der Waals surface area contributed by atoms with E-state index in [0.717, 1.165) is 51.4 Å². The van der Waals surface area contributed by atoms with Gasteiger partial charge in [0.1, 0.15) is 10.3 Å². The van der Waals surface area contributed by atoms with Gasteiger partial charge in [0.25, 0.3) is 0 Å². The molecule has 1 aliphatic heterocycles. The second-order valence-electron chi connectivity index (χ2n) is 6.50. The number of amidine groups is 1. The van der Waals surface area contributed by atoms with Gasteiger partial charge in [-0.1, -0.05) is 25.1 Å².